The van der Waals surface area contributed by atoms with E-state index < -0.39 is 11.8 Å². The van der Waals surface area contributed by atoms with Crippen LogP contribution in [0.2, 0.25) is 0 Å². The largest absolute Gasteiger partial charge is 0.463 e. The van der Waals surface area contributed by atoms with Crippen molar-refractivity contribution < 1.29 is 24.1 Å². The molecule has 1 rings (SSSR count). The summed E-state index contributed by atoms with van der Waals surface area (Å²) in [6, 6.07) is 0. The van der Waals surface area contributed by atoms with Crippen LogP contribution in [-0.4, -0.2) is 43.3 Å². The molecular formula is C8H14O5. The van der Waals surface area contributed by atoms with Crippen LogP contribution in [0, 0.1) is 0 Å². The molecule has 1 aliphatic heterocycles. The third kappa shape index (κ3) is 3.30. The van der Waals surface area contributed by atoms with Gasteiger partial charge in [0.05, 0.1) is 26.2 Å². The van der Waals surface area contributed by atoms with Crippen LogP contribution in [0.3, 0.4) is 0 Å². The first kappa shape index (κ1) is 10.4. The number of esters is 1. The number of carbonyl (C=O) groups excluding carboxylic acids is 1. The van der Waals surface area contributed by atoms with Gasteiger partial charge in [-0.2, -0.15) is 0 Å². The number of aliphatic hydroxyl groups is 1. The summed E-state index contributed by atoms with van der Waals surface area (Å²) in [5.74, 6) is -1.26. The summed E-state index contributed by atoms with van der Waals surface area (Å²) >= 11 is 0. The molecule has 1 fully saturated rings. The predicted octanol–water partition coefficient (Wildman–Crippen LogP) is -0.325. The molecule has 0 aromatic carbocycles. The Kier molecular flexibility index (Phi) is 3.65. The van der Waals surface area contributed by atoms with E-state index in [0.717, 1.165) is 0 Å². The zero-order valence-electron chi connectivity index (χ0n) is 7.62. The van der Waals surface area contributed by atoms with Gasteiger partial charge in [0.2, 0.25) is 0 Å². The highest BCUT2D eigenvalue weighted by Gasteiger charge is 2.34. The molecule has 0 radical (unpaired) electrons. The topological polar surface area (TPSA) is 65.0 Å². The summed E-state index contributed by atoms with van der Waals surface area (Å²) in [4.78, 5) is 11.1. The number of hydrogen-bond acceptors (Lipinski definition) is 5. The van der Waals surface area contributed by atoms with Crippen LogP contribution in [0.15, 0.2) is 0 Å². The fraction of sp³-hybridized carbons (Fsp3) is 0.875. The highest BCUT2D eigenvalue weighted by molar-refractivity contribution is 5.70. The van der Waals surface area contributed by atoms with E-state index in [9.17, 15) is 4.79 Å². The Morgan fingerprint density at radius 2 is 2.15 bits per heavy atom. The summed E-state index contributed by atoms with van der Waals surface area (Å²) in [6.07, 6.45) is 0.0625. The lowest BCUT2D eigenvalue weighted by Crippen LogP contribution is -2.30. The molecule has 1 N–H and O–H groups in total. The van der Waals surface area contributed by atoms with E-state index in [1.807, 2.05) is 0 Å². The molecule has 1 saturated heterocycles. The molecule has 0 aromatic rings. The van der Waals surface area contributed by atoms with Crippen molar-refractivity contribution in [1.29, 1.82) is 0 Å². The molecule has 0 spiro atoms. The average molecular weight is 190 g/mol. The lowest BCUT2D eigenvalue weighted by molar-refractivity contribution is -0.175. The lowest BCUT2D eigenvalue weighted by Gasteiger charge is -2.20. The molecule has 0 aromatic heterocycles. The SMILES string of the molecule is CC1(CC(=O)OCCO)OCCO1. The number of carbonyl (C=O) groups is 1. The smallest absolute Gasteiger partial charge is 0.311 e. The molecule has 0 unspecified atom stereocenters. The Morgan fingerprint density at radius 3 is 2.69 bits per heavy atom. The molecule has 0 bridgehead atoms. The minimum Gasteiger partial charge on any atom is -0.463 e. The molecule has 0 saturated carbocycles. The van der Waals surface area contributed by atoms with Gasteiger partial charge in [-0.25, -0.2) is 0 Å². The van der Waals surface area contributed by atoms with Gasteiger partial charge in [0.1, 0.15) is 6.61 Å². The van der Waals surface area contributed by atoms with Gasteiger partial charge in [-0.3, -0.25) is 4.79 Å². The average Bonchev–Trinajstić information content (AvgIpc) is 2.48. The quantitative estimate of drug-likeness (QED) is 0.615. The third-order valence-corrected chi connectivity index (χ3v) is 1.72. The number of rotatable bonds is 4. The van der Waals surface area contributed by atoms with Gasteiger partial charge in [0.25, 0.3) is 0 Å². The summed E-state index contributed by atoms with van der Waals surface area (Å²) in [7, 11) is 0. The maximum atomic E-state index is 11.1. The second-order valence-corrected chi connectivity index (χ2v) is 2.95. The summed E-state index contributed by atoms with van der Waals surface area (Å²) in [5.41, 5.74) is 0. The van der Waals surface area contributed by atoms with Crippen LogP contribution >= 0.6 is 0 Å². The maximum absolute atomic E-state index is 11.1. The first-order valence-electron chi connectivity index (χ1n) is 4.21. The monoisotopic (exact) mass is 190 g/mol. The lowest BCUT2D eigenvalue weighted by atomic mass is 10.2. The van der Waals surface area contributed by atoms with Gasteiger partial charge in [-0.05, 0) is 6.92 Å². The second-order valence-electron chi connectivity index (χ2n) is 2.95. The molecule has 1 aliphatic rings. The number of aliphatic hydroxyl groups excluding tert-OH is 1. The van der Waals surface area contributed by atoms with E-state index in [2.05, 4.69) is 4.74 Å². The van der Waals surface area contributed by atoms with Gasteiger partial charge >= 0.3 is 5.97 Å². The number of ether oxygens (including phenoxy) is 3. The molecule has 76 valence electrons. The van der Waals surface area contributed by atoms with Crippen LogP contribution in [0.25, 0.3) is 0 Å². The molecule has 1 heterocycles. The zero-order valence-corrected chi connectivity index (χ0v) is 7.62. The van der Waals surface area contributed by atoms with Crippen molar-refractivity contribution in [2.45, 2.75) is 19.1 Å². The Hall–Kier alpha value is -0.650. The zero-order chi connectivity index (χ0) is 9.73. The van der Waals surface area contributed by atoms with Gasteiger partial charge in [0, 0.05) is 0 Å². The van der Waals surface area contributed by atoms with Gasteiger partial charge in [-0.15, -0.1) is 0 Å². The fourth-order valence-corrected chi connectivity index (χ4v) is 1.13. The Morgan fingerprint density at radius 1 is 1.54 bits per heavy atom. The van der Waals surface area contributed by atoms with Crippen molar-refractivity contribution in [2.75, 3.05) is 26.4 Å². The van der Waals surface area contributed by atoms with Crippen molar-refractivity contribution >= 4 is 5.97 Å². The summed E-state index contributed by atoms with van der Waals surface area (Å²) in [5, 5.41) is 8.40. The van der Waals surface area contributed by atoms with Gasteiger partial charge < -0.3 is 19.3 Å². The highest BCUT2D eigenvalue weighted by Crippen LogP contribution is 2.22. The Labute approximate surface area is 76.6 Å². The van der Waals surface area contributed by atoms with Crippen molar-refractivity contribution in [2.24, 2.45) is 0 Å². The third-order valence-electron chi connectivity index (χ3n) is 1.72. The minimum absolute atomic E-state index is 0.0227. The first-order chi connectivity index (χ1) is 6.16. The second kappa shape index (κ2) is 4.55. The molecule has 0 amide bonds. The van der Waals surface area contributed by atoms with E-state index in [4.69, 9.17) is 14.6 Å². The molecule has 13 heavy (non-hydrogen) atoms. The van der Waals surface area contributed by atoms with Crippen molar-refractivity contribution in [3.8, 4) is 0 Å². The van der Waals surface area contributed by atoms with E-state index >= 15 is 0 Å². The Bertz CT molecular complexity index is 173. The molecule has 0 atom stereocenters. The van der Waals surface area contributed by atoms with Crippen molar-refractivity contribution in [3.05, 3.63) is 0 Å². The summed E-state index contributed by atoms with van der Waals surface area (Å²) < 4.78 is 15.1. The number of hydrogen-bond donors (Lipinski definition) is 1. The van der Waals surface area contributed by atoms with Crippen molar-refractivity contribution in [1.82, 2.24) is 0 Å². The van der Waals surface area contributed by atoms with E-state index in [0.29, 0.717) is 13.2 Å². The highest BCUT2D eigenvalue weighted by atomic mass is 16.7. The van der Waals surface area contributed by atoms with Crippen LogP contribution in [0.5, 0.6) is 0 Å². The summed E-state index contributed by atoms with van der Waals surface area (Å²) in [6.45, 7) is 2.56. The van der Waals surface area contributed by atoms with Crippen LogP contribution in [0.4, 0.5) is 0 Å². The standard InChI is InChI=1S/C8H14O5/c1-8(12-4-5-13-8)6-7(10)11-3-2-9/h9H,2-6H2,1H3. The van der Waals surface area contributed by atoms with Gasteiger partial charge in [0.15, 0.2) is 5.79 Å². The van der Waals surface area contributed by atoms with Crippen molar-refractivity contribution in [3.63, 3.8) is 0 Å². The van der Waals surface area contributed by atoms with Crippen LogP contribution in [0.1, 0.15) is 13.3 Å². The predicted molar refractivity (Wildman–Crippen MR) is 43.0 cm³/mol. The van der Waals surface area contributed by atoms with Gasteiger partial charge in [-0.1, -0.05) is 0 Å². The fourth-order valence-electron chi connectivity index (χ4n) is 1.13. The van der Waals surface area contributed by atoms with E-state index in [-0.39, 0.29) is 19.6 Å². The van der Waals surface area contributed by atoms with E-state index in [1.165, 1.54) is 0 Å². The van der Waals surface area contributed by atoms with E-state index in [1.54, 1.807) is 6.92 Å². The molecule has 0 aliphatic carbocycles. The normalized spacial score (nSPS) is 20.2. The van der Waals surface area contributed by atoms with Crippen LogP contribution in [-0.2, 0) is 19.0 Å². The minimum atomic E-state index is -0.841. The Balaban J connectivity index is 2.26. The molecular weight excluding hydrogens is 176 g/mol. The van der Waals surface area contributed by atoms with Crippen LogP contribution < -0.4 is 0 Å². The first-order valence-corrected chi connectivity index (χ1v) is 4.21. The maximum Gasteiger partial charge on any atom is 0.311 e. The molecule has 5 heteroatoms. The molecule has 5 nitrogen and oxygen atoms in total.